The Bertz CT molecular complexity index is 840. The van der Waals surface area contributed by atoms with Gasteiger partial charge in [-0.15, -0.1) is 0 Å². The zero-order valence-corrected chi connectivity index (χ0v) is 14.0. The Morgan fingerprint density at radius 2 is 1.96 bits per heavy atom. The Morgan fingerprint density at radius 3 is 2.77 bits per heavy atom. The molecule has 1 aliphatic heterocycles. The molecule has 2 aromatic carbocycles. The summed E-state index contributed by atoms with van der Waals surface area (Å²) in [5.41, 5.74) is 2.05. The molecule has 0 spiro atoms. The predicted molar refractivity (Wildman–Crippen MR) is 93.1 cm³/mol. The number of fused-ring (bicyclic) bond motifs is 1. The maximum Gasteiger partial charge on any atom is 0.224 e. The van der Waals surface area contributed by atoms with Crippen LogP contribution in [0, 0.1) is 11.6 Å². The van der Waals surface area contributed by atoms with Crippen molar-refractivity contribution in [3.63, 3.8) is 0 Å². The molecule has 2 amide bonds. The van der Waals surface area contributed by atoms with E-state index in [1.807, 2.05) is 6.07 Å². The molecule has 0 bridgehead atoms. The predicted octanol–water partition coefficient (Wildman–Crippen LogP) is 3.65. The van der Waals surface area contributed by atoms with E-state index in [1.54, 1.807) is 12.1 Å². The van der Waals surface area contributed by atoms with Gasteiger partial charge in [-0.05, 0) is 48.7 Å². The third-order valence-electron chi connectivity index (χ3n) is 3.99. The van der Waals surface area contributed by atoms with Crippen LogP contribution in [-0.2, 0) is 16.0 Å². The van der Waals surface area contributed by atoms with Crippen LogP contribution in [0.5, 0.6) is 5.75 Å². The van der Waals surface area contributed by atoms with E-state index in [1.165, 1.54) is 6.07 Å². The van der Waals surface area contributed by atoms with Crippen LogP contribution in [0.15, 0.2) is 36.4 Å². The maximum absolute atomic E-state index is 13.1. The van der Waals surface area contributed by atoms with Crippen molar-refractivity contribution in [2.24, 2.45) is 0 Å². The van der Waals surface area contributed by atoms with E-state index in [4.69, 9.17) is 4.74 Å². The highest BCUT2D eigenvalue weighted by Gasteiger charge is 2.15. The van der Waals surface area contributed by atoms with Crippen molar-refractivity contribution in [1.82, 2.24) is 0 Å². The van der Waals surface area contributed by atoms with E-state index in [0.717, 1.165) is 23.4 Å². The Hall–Kier alpha value is -2.96. The van der Waals surface area contributed by atoms with Gasteiger partial charge >= 0.3 is 0 Å². The number of anilines is 2. The van der Waals surface area contributed by atoms with Gasteiger partial charge in [0, 0.05) is 30.3 Å². The summed E-state index contributed by atoms with van der Waals surface area (Å²) in [6, 6.07) is 8.67. The molecule has 0 aliphatic carbocycles. The van der Waals surface area contributed by atoms with E-state index < -0.39 is 11.6 Å². The molecule has 0 saturated heterocycles. The van der Waals surface area contributed by atoms with Crippen LogP contribution in [0.4, 0.5) is 20.2 Å². The maximum atomic E-state index is 13.1. The SMILES string of the molecule is O=C(CCCOc1ccc2c(c1)CCC(=O)N2)Nc1ccc(F)c(F)c1. The van der Waals surface area contributed by atoms with Gasteiger partial charge in [-0.1, -0.05) is 0 Å². The van der Waals surface area contributed by atoms with Crippen LogP contribution in [0.25, 0.3) is 0 Å². The Morgan fingerprint density at radius 1 is 1.12 bits per heavy atom. The molecule has 2 aromatic rings. The topological polar surface area (TPSA) is 67.4 Å². The van der Waals surface area contributed by atoms with Crippen molar-refractivity contribution in [2.45, 2.75) is 25.7 Å². The van der Waals surface area contributed by atoms with Crippen LogP contribution >= 0.6 is 0 Å². The van der Waals surface area contributed by atoms with Gasteiger partial charge in [0.15, 0.2) is 11.6 Å². The number of benzene rings is 2. The van der Waals surface area contributed by atoms with Gasteiger partial charge in [-0.25, -0.2) is 8.78 Å². The molecule has 0 fully saturated rings. The van der Waals surface area contributed by atoms with E-state index >= 15 is 0 Å². The summed E-state index contributed by atoms with van der Waals surface area (Å²) < 4.78 is 31.6. The monoisotopic (exact) mass is 360 g/mol. The third-order valence-corrected chi connectivity index (χ3v) is 3.99. The highest BCUT2D eigenvalue weighted by atomic mass is 19.2. The quantitative estimate of drug-likeness (QED) is 0.773. The number of hydrogen-bond acceptors (Lipinski definition) is 3. The van der Waals surface area contributed by atoms with Gasteiger partial charge in [-0.3, -0.25) is 9.59 Å². The fourth-order valence-corrected chi connectivity index (χ4v) is 2.67. The smallest absolute Gasteiger partial charge is 0.224 e. The van der Waals surface area contributed by atoms with Gasteiger partial charge in [0.2, 0.25) is 11.8 Å². The molecule has 7 heteroatoms. The first-order chi connectivity index (χ1) is 12.5. The average molecular weight is 360 g/mol. The van der Waals surface area contributed by atoms with Crippen molar-refractivity contribution >= 4 is 23.2 Å². The second-order valence-corrected chi connectivity index (χ2v) is 6.00. The van der Waals surface area contributed by atoms with Gasteiger partial charge in [0.05, 0.1) is 6.61 Å². The van der Waals surface area contributed by atoms with E-state index in [2.05, 4.69) is 10.6 Å². The molecule has 0 saturated carbocycles. The van der Waals surface area contributed by atoms with Gasteiger partial charge in [0.25, 0.3) is 0 Å². The first kappa shape index (κ1) is 17.8. The molecule has 136 valence electrons. The molecule has 2 N–H and O–H groups in total. The first-order valence-corrected chi connectivity index (χ1v) is 8.32. The summed E-state index contributed by atoms with van der Waals surface area (Å²) >= 11 is 0. The molecule has 0 atom stereocenters. The summed E-state index contributed by atoms with van der Waals surface area (Å²) in [7, 11) is 0. The van der Waals surface area contributed by atoms with Crippen molar-refractivity contribution in [3.8, 4) is 5.75 Å². The zero-order valence-electron chi connectivity index (χ0n) is 14.0. The Labute approximate surface area is 149 Å². The molecular formula is C19H18F2N2O3. The van der Waals surface area contributed by atoms with Crippen LogP contribution in [-0.4, -0.2) is 18.4 Å². The summed E-state index contributed by atoms with van der Waals surface area (Å²) in [5.74, 6) is -1.57. The number of aryl methyl sites for hydroxylation is 1. The lowest BCUT2D eigenvalue weighted by atomic mass is 10.0. The first-order valence-electron chi connectivity index (χ1n) is 8.32. The number of nitrogens with one attached hydrogen (secondary N) is 2. The molecular weight excluding hydrogens is 342 g/mol. The van der Waals surface area contributed by atoms with Crippen molar-refractivity contribution < 1.29 is 23.1 Å². The number of rotatable bonds is 6. The van der Waals surface area contributed by atoms with E-state index in [0.29, 0.717) is 31.6 Å². The van der Waals surface area contributed by atoms with Gasteiger partial charge in [0.1, 0.15) is 5.75 Å². The van der Waals surface area contributed by atoms with E-state index in [-0.39, 0.29) is 23.9 Å². The van der Waals surface area contributed by atoms with Crippen molar-refractivity contribution in [1.29, 1.82) is 0 Å². The second kappa shape index (κ2) is 7.95. The highest BCUT2D eigenvalue weighted by molar-refractivity contribution is 5.94. The third kappa shape index (κ3) is 4.56. The minimum absolute atomic E-state index is 0.0122. The van der Waals surface area contributed by atoms with Crippen molar-refractivity contribution in [3.05, 3.63) is 53.6 Å². The highest BCUT2D eigenvalue weighted by Crippen LogP contribution is 2.26. The Kier molecular flexibility index (Phi) is 5.46. The molecule has 0 aromatic heterocycles. The second-order valence-electron chi connectivity index (χ2n) is 6.00. The summed E-state index contributed by atoms with van der Waals surface area (Å²) in [6.45, 7) is 0.344. The molecule has 0 unspecified atom stereocenters. The molecule has 26 heavy (non-hydrogen) atoms. The molecule has 3 rings (SSSR count). The van der Waals surface area contributed by atoms with E-state index in [9.17, 15) is 18.4 Å². The molecule has 1 heterocycles. The lowest BCUT2D eigenvalue weighted by Gasteiger charge is -2.17. The average Bonchev–Trinajstić information content (AvgIpc) is 2.62. The molecule has 1 aliphatic rings. The summed E-state index contributed by atoms with van der Waals surface area (Å²) in [4.78, 5) is 23.2. The number of halogens is 2. The van der Waals surface area contributed by atoms with Crippen LogP contribution in [0.3, 0.4) is 0 Å². The largest absolute Gasteiger partial charge is 0.494 e. The number of carbonyl (C=O) groups is 2. The normalized spacial score (nSPS) is 12.9. The zero-order chi connectivity index (χ0) is 18.5. The summed E-state index contributed by atoms with van der Waals surface area (Å²) in [5, 5.41) is 5.31. The minimum atomic E-state index is -1.00. The van der Waals surface area contributed by atoms with Crippen LogP contribution < -0.4 is 15.4 Å². The number of ether oxygens (including phenoxy) is 1. The Balaban J connectivity index is 1.43. The number of carbonyl (C=O) groups excluding carboxylic acids is 2. The minimum Gasteiger partial charge on any atom is -0.494 e. The molecule has 5 nitrogen and oxygen atoms in total. The number of amides is 2. The summed E-state index contributed by atoms with van der Waals surface area (Å²) in [6.07, 6.45) is 1.80. The molecule has 0 radical (unpaired) electrons. The van der Waals surface area contributed by atoms with Crippen molar-refractivity contribution in [2.75, 3.05) is 17.2 Å². The fraction of sp³-hybridized carbons (Fsp3) is 0.263. The lowest BCUT2D eigenvalue weighted by Crippen LogP contribution is -2.18. The standard InChI is InChI=1S/C19H18F2N2O3/c20-15-6-4-13(11-16(15)21)22-18(24)2-1-9-26-14-5-7-17-12(10-14)3-8-19(25)23-17/h4-7,10-11H,1-3,8-9H2,(H,22,24)(H,23,25). The number of hydrogen-bond donors (Lipinski definition) is 2. The fourth-order valence-electron chi connectivity index (χ4n) is 2.67. The van der Waals surface area contributed by atoms with Crippen LogP contribution in [0.1, 0.15) is 24.8 Å². The van der Waals surface area contributed by atoms with Crippen LogP contribution in [0.2, 0.25) is 0 Å². The van der Waals surface area contributed by atoms with Gasteiger partial charge in [-0.2, -0.15) is 0 Å². The lowest BCUT2D eigenvalue weighted by molar-refractivity contribution is -0.117. The van der Waals surface area contributed by atoms with Gasteiger partial charge < -0.3 is 15.4 Å².